The number of rotatable bonds is 10. The van der Waals surface area contributed by atoms with Crippen LogP contribution in [-0.4, -0.2) is 63.2 Å². The lowest BCUT2D eigenvalue weighted by atomic mass is 10.0. The standard InChI is InChI=1S/C16H34N4O2/c1-7-10-17-16(19-12-15(21)20(5)6)18-11-9-14(13(3)4)22-8-2/h13-14H,7-12H2,1-6H3,(H2,17,18,19). The van der Waals surface area contributed by atoms with Crippen molar-refractivity contribution in [3.63, 3.8) is 0 Å². The average molecular weight is 314 g/mol. The van der Waals surface area contributed by atoms with Crippen LogP contribution in [-0.2, 0) is 9.53 Å². The molecule has 22 heavy (non-hydrogen) atoms. The highest BCUT2D eigenvalue weighted by Crippen LogP contribution is 2.09. The van der Waals surface area contributed by atoms with Crippen LogP contribution in [0.4, 0.5) is 0 Å². The number of guanidine groups is 1. The van der Waals surface area contributed by atoms with E-state index in [9.17, 15) is 4.79 Å². The molecule has 6 nitrogen and oxygen atoms in total. The Morgan fingerprint density at radius 3 is 2.32 bits per heavy atom. The average Bonchev–Trinajstić information content (AvgIpc) is 2.47. The first-order valence-corrected chi connectivity index (χ1v) is 8.26. The largest absolute Gasteiger partial charge is 0.378 e. The number of ether oxygens (including phenoxy) is 1. The molecule has 1 unspecified atom stereocenters. The van der Waals surface area contributed by atoms with Gasteiger partial charge in [0.15, 0.2) is 5.96 Å². The Morgan fingerprint density at radius 1 is 1.18 bits per heavy atom. The summed E-state index contributed by atoms with van der Waals surface area (Å²) >= 11 is 0. The predicted octanol–water partition coefficient (Wildman–Crippen LogP) is 1.47. The molecular weight excluding hydrogens is 280 g/mol. The van der Waals surface area contributed by atoms with Crippen LogP contribution in [0.1, 0.15) is 40.5 Å². The number of amides is 1. The van der Waals surface area contributed by atoms with Crippen LogP contribution in [0, 0.1) is 5.92 Å². The van der Waals surface area contributed by atoms with E-state index in [2.05, 4.69) is 36.4 Å². The number of likely N-dealkylation sites (N-methyl/N-ethyl adjacent to an activating group) is 1. The predicted molar refractivity (Wildman–Crippen MR) is 92.2 cm³/mol. The molecule has 0 aliphatic heterocycles. The van der Waals surface area contributed by atoms with E-state index in [0.717, 1.165) is 32.5 Å². The molecule has 0 aromatic heterocycles. The van der Waals surface area contributed by atoms with Gasteiger partial charge in [-0.1, -0.05) is 20.8 Å². The van der Waals surface area contributed by atoms with Gasteiger partial charge in [0.1, 0.15) is 6.54 Å². The summed E-state index contributed by atoms with van der Waals surface area (Å²) in [7, 11) is 3.47. The quantitative estimate of drug-likeness (QED) is 0.473. The maximum Gasteiger partial charge on any atom is 0.243 e. The summed E-state index contributed by atoms with van der Waals surface area (Å²) in [4.78, 5) is 17.5. The lowest BCUT2D eigenvalue weighted by Crippen LogP contribution is -2.40. The minimum absolute atomic E-state index is 0.00743. The number of hydrogen-bond acceptors (Lipinski definition) is 3. The molecule has 0 rings (SSSR count). The molecule has 0 heterocycles. The van der Waals surface area contributed by atoms with Crippen molar-refractivity contribution in [3.8, 4) is 0 Å². The molecule has 0 fully saturated rings. The number of hydrogen-bond donors (Lipinski definition) is 2. The molecule has 0 bridgehead atoms. The fraction of sp³-hybridized carbons (Fsp3) is 0.875. The van der Waals surface area contributed by atoms with Crippen LogP contribution in [0.3, 0.4) is 0 Å². The molecule has 2 N–H and O–H groups in total. The second-order valence-corrected chi connectivity index (χ2v) is 5.83. The third kappa shape index (κ3) is 9.60. The van der Waals surface area contributed by atoms with Crippen LogP contribution in [0.2, 0.25) is 0 Å². The van der Waals surface area contributed by atoms with E-state index in [1.807, 2.05) is 6.92 Å². The van der Waals surface area contributed by atoms with Gasteiger partial charge < -0.3 is 20.3 Å². The maximum absolute atomic E-state index is 11.6. The van der Waals surface area contributed by atoms with Crippen molar-refractivity contribution in [2.24, 2.45) is 10.9 Å². The first kappa shape index (κ1) is 20.7. The van der Waals surface area contributed by atoms with E-state index in [-0.39, 0.29) is 18.6 Å². The molecule has 0 aromatic carbocycles. The van der Waals surface area contributed by atoms with Gasteiger partial charge in [-0.05, 0) is 25.7 Å². The van der Waals surface area contributed by atoms with Crippen LogP contribution in [0.15, 0.2) is 4.99 Å². The van der Waals surface area contributed by atoms with Gasteiger partial charge in [-0.3, -0.25) is 4.79 Å². The zero-order valence-electron chi connectivity index (χ0n) is 15.1. The van der Waals surface area contributed by atoms with Crippen LogP contribution < -0.4 is 10.6 Å². The van der Waals surface area contributed by atoms with Gasteiger partial charge in [0.2, 0.25) is 5.91 Å². The molecule has 1 amide bonds. The zero-order chi connectivity index (χ0) is 17.0. The molecule has 0 aliphatic carbocycles. The van der Waals surface area contributed by atoms with Crippen molar-refractivity contribution in [3.05, 3.63) is 0 Å². The number of carbonyl (C=O) groups is 1. The van der Waals surface area contributed by atoms with Crippen molar-refractivity contribution in [1.82, 2.24) is 15.5 Å². The SMILES string of the molecule is CCCNC(=NCC(=O)N(C)C)NCCC(OCC)C(C)C. The smallest absolute Gasteiger partial charge is 0.243 e. The summed E-state index contributed by atoms with van der Waals surface area (Å²) in [6, 6.07) is 0. The molecule has 0 saturated carbocycles. The Kier molecular flexibility index (Phi) is 11.5. The third-order valence-electron chi connectivity index (χ3n) is 3.26. The van der Waals surface area contributed by atoms with Gasteiger partial charge in [0.25, 0.3) is 0 Å². The van der Waals surface area contributed by atoms with E-state index >= 15 is 0 Å². The molecule has 1 atom stereocenters. The highest BCUT2D eigenvalue weighted by Gasteiger charge is 2.13. The van der Waals surface area contributed by atoms with Gasteiger partial charge in [0, 0.05) is 33.8 Å². The Labute approximate surface area is 135 Å². The van der Waals surface area contributed by atoms with Crippen molar-refractivity contribution < 1.29 is 9.53 Å². The molecule has 0 aromatic rings. The van der Waals surface area contributed by atoms with E-state index in [0.29, 0.717) is 11.9 Å². The highest BCUT2D eigenvalue weighted by molar-refractivity contribution is 5.84. The number of carbonyl (C=O) groups excluding carboxylic acids is 1. The maximum atomic E-state index is 11.6. The van der Waals surface area contributed by atoms with E-state index in [4.69, 9.17) is 4.74 Å². The summed E-state index contributed by atoms with van der Waals surface area (Å²) in [6.45, 7) is 10.9. The summed E-state index contributed by atoms with van der Waals surface area (Å²) < 4.78 is 5.73. The van der Waals surface area contributed by atoms with Crippen LogP contribution >= 0.6 is 0 Å². The zero-order valence-corrected chi connectivity index (χ0v) is 15.1. The van der Waals surface area contributed by atoms with E-state index in [1.54, 1.807) is 19.0 Å². The second-order valence-electron chi connectivity index (χ2n) is 5.83. The fourth-order valence-corrected chi connectivity index (χ4v) is 1.86. The van der Waals surface area contributed by atoms with E-state index in [1.165, 1.54) is 0 Å². The van der Waals surface area contributed by atoms with Gasteiger partial charge in [-0.25, -0.2) is 4.99 Å². The Balaban J connectivity index is 4.39. The van der Waals surface area contributed by atoms with Crippen molar-refractivity contribution in [1.29, 1.82) is 0 Å². The molecule has 0 radical (unpaired) electrons. The molecule has 0 spiro atoms. The molecular formula is C16H34N4O2. The monoisotopic (exact) mass is 314 g/mol. The van der Waals surface area contributed by atoms with Gasteiger partial charge >= 0.3 is 0 Å². The lowest BCUT2D eigenvalue weighted by Gasteiger charge is -2.21. The van der Waals surface area contributed by atoms with Crippen LogP contribution in [0.25, 0.3) is 0 Å². The Bertz CT molecular complexity index is 330. The summed E-state index contributed by atoms with van der Waals surface area (Å²) in [5.74, 6) is 1.17. The first-order chi connectivity index (χ1) is 10.4. The van der Waals surface area contributed by atoms with E-state index < -0.39 is 0 Å². The molecule has 0 aliphatic rings. The normalized spacial score (nSPS) is 13.1. The third-order valence-corrected chi connectivity index (χ3v) is 3.26. The van der Waals surface area contributed by atoms with Crippen LogP contribution in [0.5, 0.6) is 0 Å². The fourth-order valence-electron chi connectivity index (χ4n) is 1.86. The number of nitrogens with zero attached hydrogens (tertiary/aromatic N) is 2. The molecule has 0 saturated heterocycles. The molecule has 6 heteroatoms. The van der Waals surface area contributed by atoms with Crippen molar-refractivity contribution >= 4 is 11.9 Å². The highest BCUT2D eigenvalue weighted by atomic mass is 16.5. The van der Waals surface area contributed by atoms with Gasteiger partial charge in [-0.15, -0.1) is 0 Å². The first-order valence-electron chi connectivity index (χ1n) is 8.26. The number of aliphatic imine (C=N–C) groups is 1. The Hall–Kier alpha value is -1.30. The van der Waals surface area contributed by atoms with Gasteiger partial charge in [0.05, 0.1) is 6.10 Å². The summed E-state index contributed by atoms with van der Waals surface area (Å²) in [6.07, 6.45) is 2.17. The second kappa shape index (κ2) is 12.3. The van der Waals surface area contributed by atoms with Crippen molar-refractivity contribution in [2.45, 2.75) is 46.6 Å². The van der Waals surface area contributed by atoms with Crippen molar-refractivity contribution in [2.75, 3.05) is 40.3 Å². The Morgan fingerprint density at radius 2 is 1.82 bits per heavy atom. The summed E-state index contributed by atoms with van der Waals surface area (Å²) in [5, 5.41) is 6.51. The lowest BCUT2D eigenvalue weighted by molar-refractivity contribution is -0.127. The summed E-state index contributed by atoms with van der Waals surface area (Å²) in [5.41, 5.74) is 0. The minimum Gasteiger partial charge on any atom is -0.378 e. The number of nitrogens with one attached hydrogen (secondary N) is 2. The topological polar surface area (TPSA) is 66.0 Å². The molecule has 130 valence electrons. The minimum atomic E-state index is -0.00743. The van der Waals surface area contributed by atoms with Gasteiger partial charge in [-0.2, -0.15) is 0 Å².